The van der Waals surface area contributed by atoms with E-state index in [1.807, 2.05) is 36.4 Å². The molecule has 0 saturated heterocycles. The van der Waals surface area contributed by atoms with E-state index in [0.29, 0.717) is 0 Å². The summed E-state index contributed by atoms with van der Waals surface area (Å²) in [6.45, 7) is 4.32. The number of allylic oxidation sites excluding steroid dienone is 1. The molecule has 1 aliphatic rings. The first-order chi connectivity index (χ1) is 12.3. The van der Waals surface area contributed by atoms with Crippen LogP contribution in [0.5, 0.6) is 0 Å². The monoisotopic (exact) mass is 329 g/mol. The lowest BCUT2D eigenvalue weighted by Crippen LogP contribution is -2.00. The SMILES string of the molecule is C=C1CCCCCC1c1nc(-c2ccccc2)c(-c2ccccc2)o1. The highest BCUT2D eigenvalue weighted by atomic mass is 16.4. The molecule has 1 fully saturated rings. The van der Waals surface area contributed by atoms with Gasteiger partial charge in [0.25, 0.3) is 0 Å². The van der Waals surface area contributed by atoms with Crippen LogP contribution in [-0.4, -0.2) is 4.98 Å². The molecule has 1 heterocycles. The van der Waals surface area contributed by atoms with Gasteiger partial charge in [0.1, 0.15) is 5.69 Å². The van der Waals surface area contributed by atoms with Gasteiger partial charge < -0.3 is 4.42 Å². The minimum absolute atomic E-state index is 0.238. The van der Waals surface area contributed by atoms with Crippen LogP contribution in [0, 0.1) is 0 Å². The Labute approximate surface area is 149 Å². The molecular weight excluding hydrogens is 306 g/mol. The van der Waals surface area contributed by atoms with Gasteiger partial charge in [-0.05, 0) is 19.3 Å². The molecule has 0 amide bonds. The molecule has 126 valence electrons. The smallest absolute Gasteiger partial charge is 0.202 e. The van der Waals surface area contributed by atoms with Gasteiger partial charge in [0.15, 0.2) is 5.76 Å². The number of benzene rings is 2. The van der Waals surface area contributed by atoms with Crippen LogP contribution >= 0.6 is 0 Å². The zero-order valence-electron chi connectivity index (χ0n) is 14.4. The van der Waals surface area contributed by atoms with Crippen LogP contribution in [-0.2, 0) is 0 Å². The number of rotatable bonds is 3. The maximum Gasteiger partial charge on any atom is 0.202 e. The molecule has 0 radical (unpaired) electrons. The summed E-state index contributed by atoms with van der Waals surface area (Å²) in [6.07, 6.45) is 5.88. The average molecular weight is 329 g/mol. The van der Waals surface area contributed by atoms with Crippen molar-refractivity contribution in [2.45, 2.75) is 38.0 Å². The van der Waals surface area contributed by atoms with Crippen molar-refractivity contribution in [3.63, 3.8) is 0 Å². The molecule has 2 heteroatoms. The molecule has 1 unspecified atom stereocenters. The number of hydrogen-bond acceptors (Lipinski definition) is 2. The Bertz CT molecular complexity index is 791. The standard InChI is InChI=1S/C23H23NO/c1-17-11-5-2-10-16-20(17)23-24-21(18-12-6-3-7-13-18)22(25-23)19-14-8-4-9-15-19/h3-4,6-9,12-15,20H,1-2,5,10-11,16H2. The minimum atomic E-state index is 0.238. The number of nitrogens with zero attached hydrogens (tertiary/aromatic N) is 1. The molecule has 0 bridgehead atoms. The number of aromatic nitrogens is 1. The number of oxazole rings is 1. The van der Waals surface area contributed by atoms with Gasteiger partial charge in [-0.25, -0.2) is 4.98 Å². The Hall–Kier alpha value is -2.61. The molecule has 1 saturated carbocycles. The van der Waals surface area contributed by atoms with Crippen molar-refractivity contribution in [1.29, 1.82) is 0 Å². The van der Waals surface area contributed by atoms with Gasteiger partial charge in [0.2, 0.25) is 5.89 Å². The second-order valence-corrected chi connectivity index (χ2v) is 6.77. The summed E-state index contributed by atoms with van der Waals surface area (Å²) in [5, 5.41) is 0. The van der Waals surface area contributed by atoms with E-state index in [1.54, 1.807) is 0 Å². The average Bonchev–Trinajstić information content (AvgIpc) is 2.99. The van der Waals surface area contributed by atoms with Gasteiger partial charge in [-0.15, -0.1) is 0 Å². The second kappa shape index (κ2) is 7.10. The summed E-state index contributed by atoms with van der Waals surface area (Å²) in [6, 6.07) is 20.6. The van der Waals surface area contributed by atoms with Crippen molar-refractivity contribution in [2.75, 3.05) is 0 Å². The highest BCUT2D eigenvalue weighted by Gasteiger charge is 2.25. The van der Waals surface area contributed by atoms with E-state index >= 15 is 0 Å². The van der Waals surface area contributed by atoms with E-state index in [-0.39, 0.29) is 5.92 Å². The van der Waals surface area contributed by atoms with Crippen LogP contribution in [0.2, 0.25) is 0 Å². The Kier molecular flexibility index (Phi) is 4.51. The third-order valence-electron chi connectivity index (χ3n) is 5.01. The molecule has 1 aromatic heterocycles. The van der Waals surface area contributed by atoms with E-state index in [2.05, 4.69) is 30.8 Å². The molecule has 25 heavy (non-hydrogen) atoms. The molecule has 1 aliphatic carbocycles. The predicted octanol–water partition coefficient (Wildman–Crippen LogP) is 6.61. The molecule has 1 atom stereocenters. The number of hydrogen-bond donors (Lipinski definition) is 0. The molecule has 0 spiro atoms. The van der Waals surface area contributed by atoms with Gasteiger partial charge in [-0.3, -0.25) is 0 Å². The first-order valence-corrected chi connectivity index (χ1v) is 9.12. The molecule has 2 aromatic carbocycles. The van der Waals surface area contributed by atoms with Crippen LogP contribution in [0.3, 0.4) is 0 Å². The third-order valence-corrected chi connectivity index (χ3v) is 5.01. The normalized spacial score (nSPS) is 18.1. The molecule has 4 rings (SSSR count). The maximum absolute atomic E-state index is 6.35. The Morgan fingerprint density at radius 1 is 0.840 bits per heavy atom. The van der Waals surface area contributed by atoms with Crippen LogP contribution in [0.25, 0.3) is 22.6 Å². The summed E-state index contributed by atoms with van der Waals surface area (Å²) in [5.41, 5.74) is 4.35. The summed E-state index contributed by atoms with van der Waals surface area (Å²) >= 11 is 0. The first-order valence-electron chi connectivity index (χ1n) is 9.12. The third kappa shape index (κ3) is 3.30. The highest BCUT2D eigenvalue weighted by Crippen LogP contribution is 2.40. The molecule has 0 N–H and O–H groups in total. The van der Waals surface area contributed by atoms with Gasteiger partial charge in [0, 0.05) is 11.1 Å². The predicted molar refractivity (Wildman–Crippen MR) is 102 cm³/mol. The minimum Gasteiger partial charge on any atom is -0.439 e. The van der Waals surface area contributed by atoms with Crippen LogP contribution < -0.4 is 0 Å². The first kappa shape index (κ1) is 15.9. The van der Waals surface area contributed by atoms with E-state index in [9.17, 15) is 0 Å². The summed E-state index contributed by atoms with van der Waals surface area (Å²) < 4.78 is 6.35. The fourth-order valence-corrected chi connectivity index (χ4v) is 3.62. The fourth-order valence-electron chi connectivity index (χ4n) is 3.62. The van der Waals surface area contributed by atoms with Crippen molar-refractivity contribution >= 4 is 0 Å². The maximum atomic E-state index is 6.35. The van der Waals surface area contributed by atoms with Crippen molar-refractivity contribution in [2.24, 2.45) is 0 Å². The quantitative estimate of drug-likeness (QED) is 0.399. The van der Waals surface area contributed by atoms with Crippen molar-refractivity contribution in [3.05, 3.63) is 78.7 Å². The Morgan fingerprint density at radius 2 is 1.52 bits per heavy atom. The van der Waals surface area contributed by atoms with Gasteiger partial charge in [-0.1, -0.05) is 85.7 Å². The van der Waals surface area contributed by atoms with E-state index < -0.39 is 0 Å². The second-order valence-electron chi connectivity index (χ2n) is 6.77. The summed E-state index contributed by atoms with van der Waals surface area (Å²) in [7, 11) is 0. The van der Waals surface area contributed by atoms with Crippen LogP contribution in [0.1, 0.15) is 43.9 Å². The van der Waals surface area contributed by atoms with Gasteiger partial charge in [0.05, 0.1) is 5.92 Å². The lowest BCUT2D eigenvalue weighted by molar-refractivity contribution is 0.462. The van der Waals surface area contributed by atoms with Crippen LogP contribution in [0.15, 0.2) is 77.2 Å². The van der Waals surface area contributed by atoms with Crippen LogP contribution in [0.4, 0.5) is 0 Å². The van der Waals surface area contributed by atoms with Crippen molar-refractivity contribution in [1.82, 2.24) is 4.98 Å². The topological polar surface area (TPSA) is 26.0 Å². The molecule has 0 aliphatic heterocycles. The van der Waals surface area contributed by atoms with E-state index in [4.69, 9.17) is 9.40 Å². The van der Waals surface area contributed by atoms with E-state index in [1.165, 1.54) is 24.8 Å². The lowest BCUT2D eigenvalue weighted by Gasteiger charge is -2.12. The van der Waals surface area contributed by atoms with E-state index in [0.717, 1.165) is 41.3 Å². The zero-order chi connectivity index (χ0) is 17.1. The Morgan fingerprint density at radius 3 is 2.24 bits per heavy atom. The van der Waals surface area contributed by atoms with Crippen molar-refractivity contribution in [3.8, 4) is 22.6 Å². The highest BCUT2D eigenvalue weighted by molar-refractivity contribution is 5.76. The molecular formula is C23H23NO. The van der Waals surface area contributed by atoms with Gasteiger partial charge >= 0.3 is 0 Å². The largest absolute Gasteiger partial charge is 0.439 e. The summed E-state index contributed by atoms with van der Waals surface area (Å²) in [4.78, 5) is 4.95. The molecule has 3 aromatic rings. The zero-order valence-corrected chi connectivity index (χ0v) is 14.4. The molecule has 2 nitrogen and oxygen atoms in total. The lowest BCUT2D eigenvalue weighted by atomic mass is 9.95. The fraction of sp³-hybridized carbons (Fsp3) is 0.261. The summed E-state index contributed by atoms with van der Waals surface area (Å²) in [5.74, 6) is 1.92. The Balaban J connectivity index is 1.82. The van der Waals surface area contributed by atoms with Crippen molar-refractivity contribution < 1.29 is 4.42 Å². The van der Waals surface area contributed by atoms with Gasteiger partial charge in [-0.2, -0.15) is 0 Å².